The molecule has 0 aliphatic rings. The van der Waals surface area contributed by atoms with Gasteiger partial charge in [-0.1, -0.05) is 24.3 Å². The molecule has 0 aromatic heterocycles. The summed E-state index contributed by atoms with van der Waals surface area (Å²) in [7, 11) is 1.67. The molecule has 148 valence electrons. The van der Waals surface area contributed by atoms with Crippen LogP contribution in [0.4, 0.5) is 4.39 Å². The zero-order valence-corrected chi connectivity index (χ0v) is 18.0. The second kappa shape index (κ2) is 12.5. The van der Waals surface area contributed by atoms with Crippen molar-refractivity contribution in [2.24, 2.45) is 4.99 Å². The number of benzene rings is 2. The molecule has 0 amide bonds. The van der Waals surface area contributed by atoms with Gasteiger partial charge in [-0.2, -0.15) is 0 Å². The molecule has 5 nitrogen and oxygen atoms in total. The van der Waals surface area contributed by atoms with Crippen molar-refractivity contribution in [3.63, 3.8) is 0 Å². The Morgan fingerprint density at radius 1 is 1.15 bits per heavy atom. The van der Waals surface area contributed by atoms with E-state index in [1.807, 2.05) is 31.2 Å². The number of aliphatic hydroxyl groups excluding tert-OH is 1. The quantitative estimate of drug-likeness (QED) is 0.304. The fraction of sp³-hybridized carbons (Fsp3) is 0.350. The molecular weight excluding hydrogens is 460 g/mol. The number of hydrogen-bond acceptors (Lipinski definition) is 3. The van der Waals surface area contributed by atoms with E-state index in [4.69, 9.17) is 9.84 Å². The predicted octanol–water partition coefficient (Wildman–Crippen LogP) is 3.24. The van der Waals surface area contributed by atoms with Crippen molar-refractivity contribution in [3.05, 3.63) is 65.0 Å². The van der Waals surface area contributed by atoms with Crippen molar-refractivity contribution in [2.45, 2.75) is 26.5 Å². The van der Waals surface area contributed by atoms with Crippen LogP contribution in [0.3, 0.4) is 0 Å². The van der Waals surface area contributed by atoms with Gasteiger partial charge in [-0.15, -0.1) is 24.0 Å². The van der Waals surface area contributed by atoms with Crippen molar-refractivity contribution in [2.75, 3.05) is 20.2 Å². The molecule has 27 heavy (non-hydrogen) atoms. The van der Waals surface area contributed by atoms with E-state index in [1.54, 1.807) is 19.2 Å². The number of ether oxygens (including phenoxy) is 1. The van der Waals surface area contributed by atoms with Crippen LogP contribution in [0.1, 0.15) is 23.6 Å². The largest absolute Gasteiger partial charge is 0.496 e. The Morgan fingerprint density at radius 2 is 1.93 bits per heavy atom. The van der Waals surface area contributed by atoms with E-state index in [1.165, 1.54) is 6.07 Å². The number of halogens is 2. The van der Waals surface area contributed by atoms with Crippen LogP contribution in [-0.4, -0.2) is 31.3 Å². The molecule has 0 bridgehead atoms. The summed E-state index contributed by atoms with van der Waals surface area (Å²) in [5, 5.41) is 15.6. The first-order valence-electron chi connectivity index (χ1n) is 8.70. The number of guanidine groups is 1. The number of para-hydroxylation sites is 1. The van der Waals surface area contributed by atoms with Crippen LogP contribution in [0.5, 0.6) is 5.75 Å². The number of aliphatic imine (C=N–C) groups is 1. The Morgan fingerprint density at radius 3 is 2.63 bits per heavy atom. The van der Waals surface area contributed by atoms with E-state index in [-0.39, 0.29) is 36.1 Å². The number of nitrogens with one attached hydrogen (secondary N) is 2. The Bertz CT molecular complexity index is 741. The molecule has 2 aromatic rings. The molecule has 0 saturated heterocycles. The molecule has 0 fully saturated rings. The first-order valence-corrected chi connectivity index (χ1v) is 8.70. The summed E-state index contributed by atoms with van der Waals surface area (Å²) in [6.07, 6.45) is 0.805. The van der Waals surface area contributed by atoms with Gasteiger partial charge in [0.1, 0.15) is 11.6 Å². The van der Waals surface area contributed by atoms with Gasteiger partial charge < -0.3 is 20.5 Å². The fourth-order valence-electron chi connectivity index (χ4n) is 2.58. The second-order valence-electron chi connectivity index (χ2n) is 5.77. The van der Waals surface area contributed by atoms with Gasteiger partial charge in [-0.3, -0.25) is 0 Å². The average Bonchev–Trinajstić information content (AvgIpc) is 2.67. The molecule has 2 aromatic carbocycles. The lowest BCUT2D eigenvalue weighted by Crippen LogP contribution is -2.38. The summed E-state index contributed by atoms with van der Waals surface area (Å²) in [4.78, 5) is 4.52. The van der Waals surface area contributed by atoms with Gasteiger partial charge in [-0.25, -0.2) is 9.38 Å². The highest BCUT2D eigenvalue weighted by Crippen LogP contribution is 2.17. The fourth-order valence-corrected chi connectivity index (χ4v) is 2.58. The van der Waals surface area contributed by atoms with Crippen LogP contribution in [0.25, 0.3) is 0 Å². The first kappa shape index (κ1) is 23.2. The lowest BCUT2D eigenvalue weighted by Gasteiger charge is -2.13. The highest BCUT2D eigenvalue weighted by Gasteiger charge is 2.04. The molecule has 0 spiro atoms. The lowest BCUT2D eigenvalue weighted by atomic mass is 10.1. The Labute approximate surface area is 177 Å². The minimum atomic E-state index is -0.401. The summed E-state index contributed by atoms with van der Waals surface area (Å²) in [6.45, 7) is 3.53. The Kier molecular flexibility index (Phi) is 10.7. The minimum absolute atomic E-state index is 0. The van der Waals surface area contributed by atoms with Gasteiger partial charge in [0.25, 0.3) is 0 Å². The van der Waals surface area contributed by atoms with E-state index in [0.717, 1.165) is 29.8 Å². The van der Waals surface area contributed by atoms with Crippen LogP contribution in [0, 0.1) is 5.82 Å². The van der Waals surface area contributed by atoms with Crippen LogP contribution in [-0.2, 0) is 19.6 Å². The molecule has 0 atom stereocenters. The van der Waals surface area contributed by atoms with Crippen molar-refractivity contribution >= 4 is 29.9 Å². The van der Waals surface area contributed by atoms with Gasteiger partial charge >= 0.3 is 0 Å². The molecule has 0 saturated carbocycles. The van der Waals surface area contributed by atoms with E-state index in [0.29, 0.717) is 19.0 Å². The first-order chi connectivity index (χ1) is 12.7. The van der Waals surface area contributed by atoms with E-state index in [9.17, 15) is 4.39 Å². The normalized spacial score (nSPS) is 10.9. The topological polar surface area (TPSA) is 65.9 Å². The second-order valence-corrected chi connectivity index (χ2v) is 5.77. The van der Waals surface area contributed by atoms with Gasteiger partial charge in [0.15, 0.2) is 5.96 Å². The van der Waals surface area contributed by atoms with Gasteiger partial charge in [0, 0.05) is 18.7 Å². The number of nitrogens with zero attached hydrogens (tertiary/aromatic N) is 1. The van der Waals surface area contributed by atoms with Crippen LogP contribution < -0.4 is 15.4 Å². The molecule has 0 aliphatic carbocycles. The SMILES string of the molecule is CCNC(=NCc1ccc(F)c(CO)c1)NCCc1ccccc1OC.I. The van der Waals surface area contributed by atoms with Gasteiger partial charge in [-0.05, 0) is 42.7 Å². The molecule has 3 N–H and O–H groups in total. The molecule has 0 aliphatic heterocycles. The van der Waals surface area contributed by atoms with Crippen molar-refractivity contribution in [1.82, 2.24) is 10.6 Å². The zero-order valence-electron chi connectivity index (χ0n) is 15.7. The van der Waals surface area contributed by atoms with Crippen LogP contribution in [0.15, 0.2) is 47.5 Å². The number of rotatable bonds is 8. The predicted molar refractivity (Wildman–Crippen MR) is 117 cm³/mol. The molecule has 7 heteroatoms. The molecule has 0 unspecified atom stereocenters. The maximum Gasteiger partial charge on any atom is 0.191 e. The van der Waals surface area contributed by atoms with E-state index >= 15 is 0 Å². The summed E-state index contributed by atoms with van der Waals surface area (Å²) in [6, 6.07) is 12.6. The maximum atomic E-state index is 13.4. The number of methoxy groups -OCH3 is 1. The Balaban J connectivity index is 0.00000364. The van der Waals surface area contributed by atoms with Crippen LogP contribution >= 0.6 is 24.0 Å². The summed E-state index contributed by atoms with van der Waals surface area (Å²) >= 11 is 0. The van der Waals surface area contributed by atoms with Gasteiger partial charge in [0.05, 0.1) is 20.3 Å². The standard InChI is InChI=1S/C20H26FN3O2.HI/c1-3-22-20(23-11-10-16-6-4-5-7-19(16)26-2)24-13-15-8-9-18(21)17(12-15)14-25;/h4-9,12,25H,3,10-11,13-14H2,1-2H3,(H2,22,23,24);1H. The van der Waals surface area contributed by atoms with Crippen LogP contribution in [0.2, 0.25) is 0 Å². The monoisotopic (exact) mass is 487 g/mol. The van der Waals surface area contributed by atoms with Crippen molar-refractivity contribution in [1.29, 1.82) is 0 Å². The number of hydrogen-bond donors (Lipinski definition) is 3. The third-order valence-electron chi connectivity index (χ3n) is 3.92. The van der Waals surface area contributed by atoms with Gasteiger partial charge in [0.2, 0.25) is 0 Å². The smallest absolute Gasteiger partial charge is 0.191 e. The Hall–Kier alpha value is -1.87. The van der Waals surface area contributed by atoms with E-state index in [2.05, 4.69) is 15.6 Å². The summed E-state index contributed by atoms with van der Waals surface area (Å²) < 4.78 is 18.8. The number of aliphatic hydroxyl groups is 1. The highest BCUT2D eigenvalue weighted by atomic mass is 127. The third kappa shape index (κ3) is 7.34. The summed E-state index contributed by atoms with van der Waals surface area (Å²) in [5.74, 6) is 1.17. The lowest BCUT2D eigenvalue weighted by molar-refractivity contribution is 0.275. The molecule has 0 radical (unpaired) electrons. The maximum absolute atomic E-state index is 13.4. The minimum Gasteiger partial charge on any atom is -0.496 e. The van der Waals surface area contributed by atoms with E-state index < -0.39 is 5.82 Å². The zero-order chi connectivity index (χ0) is 18.8. The van der Waals surface area contributed by atoms with Crippen molar-refractivity contribution < 1.29 is 14.2 Å². The van der Waals surface area contributed by atoms with Crippen molar-refractivity contribution in [3.8, 4) is 5.75 Å². The molecule has 2 rings (SSSR count). The highest BCUT2D eigenvalue weighted by molar-refractivity contribution is 14.0. The molecule has 0 heterocycles. The summed E-state index contributed by atoms with van der Waals surface area (Å²) in [5.41, 5.74) is 2.26. The average molecular weight is 487 g/mol. The third-order valence-corrected chi connectivity index (χ3v) is 3.92. The molecular formula is C20H27FIN3O2.